The average molecular weight is 274 g/mol. The van der Waals surface area contributed by atoms with Crippen LogP contribution in [0.1, 0.15) is 49.9 Å². The predicted molar refractivity (Wildman–Crippen MR) is 79.6 cm³/mol. The maximum Gasteiger partial charge on any atom is 0.229 e. The van der Waals surface area contributed by atoms with E-state index < -0.39 is 5.54 Å². The van der Waals surface area contributed by atoms with Crippen LogP contribution in [0.15, 0.2) is 24.3 Å². The molecule has 2 rings (SSSR count). The summed E-state index contributed by atoms with van der Waals surface area (Å²) in [7, 11) is 0. The van der Waals surface area contributed by atoms with Gasteiger partial charge in [-0.2, -0.15) is 0 Å². The van der Waals surface area contributed by atoms with Crippen LogP contribution >= 0.6 is 0 Å². The molecule has 1 saturated carbocycles. The van der Waals surface area contributed by atoms with Crippen molar-refractivity contribution in [3.05, 3.63) is 29.8 Å². The summed E-state index contributed by atoms with van der Waals surface area (Å²) < 4.78 is 0. The van der Waals surface area contributed by atoms with E-state index in [1.54, 1.807) is 24.3 Å². The first-order valence-corrected chi connectivity index (χ1v) is 7.11. The second-order valence-electron chi connectivity index (χ2n) is 5.93. The van der Waals surface area contributed by atoms with E-state index >= 15 is 0 Å². The largest absolute Gasteiger partial charge is 0.326 e. The molecule has 20 heavy (non-hydrogen) atoms. The number of carbonyl (C=O) groups excluding carboxylic acids is 2. The molecule has 0 bridgehead atoms. The Kier molecular flexibility index (Phi) is 4.23. The minimum absolute atomic E-state index is 0.0116. The van der Waals surface area contributed by atoms with E-state index in [1.807, 2.05) is 6.92 Å². The van der Waals surface area contributed by atoms with E-state index in [-0.39, 0.29) is 17.6 Å². The molecule has 1 aliphatic rings. The lowest BCUT2D eigenvalue weighted by molar-refractivity contribution is -0.122. The van der Waals surface area contributed by atoms with Gasteiger partial charge in [0.2, 0.25) is 5.91 Å². The molecule has 1 fully saturated rings. The molecule has 0 aromatic heterocycles. The standard InChI is InChI=1S/C16H22N2O2/c1-11(19)12-6-5-7-13(10-12)18-15(20)14-8-3-4-9-16(14,2)17/h5-7,10,14H,3-4,8-9,17H2,1-2H3,(H,18,20). The van der Waals surface area contributed by atoms with Crippen LogP contribution in [0.4, 0.5) is 5.69 Å². The minimum Gasteiger partial charge on any atom is -0.326 e. The molecule has 4 heteroatoms. The van der Waals surface area contributed by atoms with Crippen LogP contribution < -0.4 is 11.1 Å². The maximum absolute atomic E-state index is 12.4. The molecule has 1 aliphatic carbocycles. The molecule has 4 nitrogen and oxygen atoms in total. The highest BCUT2D eigenvalue weighted by molar-refractivity contribution is 5.97. The third kappa shape index (κ3) is 3.25. The van der Waals surface area contributed by atoms with Crippen LogP contribution in [0.25, 0.3) is 0 Å². The van der Waals surface area contributed by atoms with Crippen molar-refractivity contribution in [2.45, 2.75) is 45.1 Å². The zero-order valence-corrected chi connectivity index (χ0v) is 12.1. The lowest BCUT2D eigenvalue weighted by atomic mass is 9.74. The van der Waals surface area contributed by atoms with Gasteiger partial charge in [0.15, 0.2) is 5.78 Å². The van der Waals surface area contributed by atoms with Crippen LogP contribution in [-0.2, 0) is 4.79 Å². The van der Waals surface area contributed by atoms with Gasteiger partial charge in [-0.25, -0.2) is 0 Å². The number of rotatable bonds is 3. The van der Waals surface area contributed by atoms with Gasteiger partial charge in [-0.3, -0.25) is 9.59 Å². The van der Waals surface area contributed by atoms with Crippen LogP contribution in [0, 0.1) is 5.92 Å². The molecule has 1 aromatic rings. The van der Waals surface area contributed by atoms with E-state index in [1.165, 1.54) is 6.92 Å². The van der Waals surface area contributed by atoms with E-state index in [0.717, 1.165) is 25.7 Å². The SMILES string of the molecule is CC(=O)c1cccc(NC(=O)C2CCCCC2(C)N)c1. The molecule has 0 spiro atoms. The van der Waals surface area contributed by atoms with Crippen molar-refractivity contribution in [1.29, 1.82) is 0 Å². The second kappa shape index (κ2) is 5.75. The molecular weight excluding hydrogens is 252 g/mol. The number of ketones is 1. The summed E-state index contributed by atoms with van der Waals surface area (Å²) in [5.74, 6) is -0.227. The van der Waals surface area contributed by atoms with Crippen molar-refractivity contribution < 1.29 is 9.59 Å². The first-order valence-electron chi connectivity index (χ1n) is 7.11. The van der Waals surface area contributed by atoms with Gasteiger partial charge < -0.3 is 11.1 Å². The summed E-state index contributed by atoms with van der Waals surface area (Å²) in [6.45, 7) is 3.46. The number of carbonyl (C=O) groups is 2. The summed E-state index contributed by atoms with van der Waals surface area (Å²) in [4.78, 5) is 23.7. The first kappa shape index (κ1) is 14.7. The third-order valence-electron chi connectivity index (χ3n) is 4.11. The summed E-state index contributed by atoms with van der Waals surface area (Å²) in [6, 6.07) is 7.01. The van der Waals surface area contributed by atoms with Gasteiger partial charge in [-0.15, -0.1) is 0 Å². The molecule has 0 radical (unpaired) electrons. The van der Waals surface area contributed by atoms with Crippen molar-refractivity contribution in [1.82, 2.24) is 0 Å². The van der Waals surface area contributed by atoms with Gasteiger partial charge in [0.05, 0.1) is 5.92 Å². The first-order chi connectivity index (χ1) is 9.40. The summed E-state index contributed by atoms with van der Waals surface area (Å²) >= 11 is 0. The molecule has 2 atom stereocenters. The number of Topliss-reactive ketones (excluding diaryl/α,β-unsaturated/α-hetero) is 1. The number of nitrogens with one attached hydrogen (secondary N) is 1. The van der Waals surface area contributed by atoms with Gasteiger partial charge >= 0.3 is 0 Å². The van der Waals surface area contributed by atoms with E-state index in [4.69, 9.17) is 5.73 Å². The monoisotopic (exact) mass is 274 g/mol. The molecular formula is C16H22N2O2. The zero-order chi connectivity index (χ0) is 14.8. The summed E-state index contributed by atoms with van der Waals surface area (Å²) in [6.07, 6.45) is 3.82. The summed E-state index contributed by atoms with van der Waals surface area (Å²) in [5.41, 5.74) is 7.05. The van der Waals surface area contributed by atoms with Gasteiger partial charge in [0, 0.05) is 16.8 Å². The summed E-state index contributed by atoms with van der Waals surface area (Å²) in [5, 5.41) is 2.89. The van der Waals surface area contributed by atoms with Crippen molar-refractivity contribution >= 4 is 17.4 Å². The topological polar surface area (TPSA) is 72.2 Å². The third-order valence-corrected chi connectivity index (χ3v) is 4.11. The van der Waals surface area contributed by atoms with Gasteiger partial charge in [0.25, 0.3) is 0 Å². The number of benzene rings is 1. The van der Waals surface area contributed by atoms with E-state index in [9.17, 15) is 9.59 Å². The van der Waals surface area contributed by atoms with Gasteiger partial charge in [-0.1, -0.05) is 25.0 Å². The van der Waals surface area contributed by atoms with E-state index in [2.05, 4.69) is 5.32 Å². The van der Waals surface area contributed by atoms with Crippen molar-refractivity contribution in [3.8, 4) is 0 Å². The minimum atomic E-state index is -0.444. The predicted octanol–water partition coefficient (Wildman–Crippen LogP) is 2.74. The normalized spacial score (nSPS) is 26.1. The quantitative estimate of drug-likeness (QED) is 0.832. The van der Waals surface area contributed by atoms with Crippen LogP contribution in [0.3, 0.4) is 0 Å². The number of nitrogens with two attached hydrogens (primary N) is 1. The molecule has 108 valence electrons. The Hall–Kier alpha value is -1.68. The van der Waals surface area contributed by atoms with Crippen molar-refractivity contribution in [2.75, 3.05) is 5.32 Å². The second-order valence-corrected chi connectivity index (χ2v) is 5.93. The van der Waals surface area contributed by atoms with Crippen LogP contribution in [0.5, 0.6) is 0 Å². The number of hydrogen-bond acceptors (Lipinski definition) is 3. The van der Waals surface area contributed by atoms with Crippen LogP contribution in [0.2, 0.25) is 0 Å². The molecule has 1 amide bonds. The fourth-order valence-corrected chi connectivity index (χ4v) is 2.83. The molecule has 1 aromatic carbocycles. The smallest absolute Gasteiger partial charge is 0.229 e. The Morgan fingerprint density at radius 2 is 2.10 bits per heavy atom. The highest BCUT2D eigenvalue weighted by Gasteiger charge is 2.37. The Morgan fingerprint density at radius 3 is 2.75 bits per heavy atom. The molecule has 2 unspecified atom stereocenters. The maximum atomic E-state index is 12.4. The number of amides is 1. The highest BCUT2D eigenvalue weighted by Crippen LogP contribution is 2.32. The lowest BCUT2D eigenvalue weighted by Crippen LogP contribution is -2.51. The van der Waals surface area contributed by atoms with Crippen molar-refractivity contribution in [2.24, 2.45) is 11.7 Å². The van der Waals surface area contributed by atoms with Crippen LogP contribution in [-0.4, -0.2) is 17.2 Å². The molecule has 3 N–H and O–H groups in total. The number of hydrogen-bond donors (Lipinski definition) is 2. The Balaban J connectivity index is 2.11. The fourth-order valence-electron chi connectivity index (χ4n) is 2.83. The van der Waals surface area contributed by atoms with Gasteiger partial charge in [0.1, 0.15) is 0 Å². The highest BCUT2D eigenvalue weighted by atomic mass is 16.2. The molecule has 0 heterocycles. The Labute approximate surface area is 119 Å². The Morgan fingerprint density at radius 1 is 1.35 bits per heavy atom. The zero-order valence-electron chi connectivity index (χ0n) is 12.1. The molecule has 0 aliphatic heterocycles. The molecule has 0 saturated heterocycles. The van der Waals surface area contributed by atoms with Crippen molar-refractivity contribution in [3.63, 3.8) is 0 Å². The Bertz CT molecular complexity index is 523. The number of anilines is 1. The lowest BCUT2D eigenvalue weighted by Gasteiger charge is -2.37. The fraction of sp³-hybridized carbons (Fsp3) is 0.500. The van der Waals surface area contributed by atoms with E-state index in [0.29, 0.717) is 11.3 Å². The average Bonchev–Trinajstić information content (AvgIpc) is 2.38. The van der Waals surface area contributed by atoms with Gasteiger partial charge in [-0.05, 0) is 38.8 Å².